The van der Waals surface area contributed by atoms with Gasteiger partial charge >= 0.3 is 0 Å². The molecule has 0 unspecified atom stereocenters. The molecule has 0 saturated heterocycles. The van der Waals surface area contributed by atoms with Crippen molar-refractivity contribution in [2.45, 2.75) is 0 Å². The van der Waals surface area contributed by atoms with Gasteiger partial charge in [-0.05, 0) is 10.4 Å². The SMILES string of the molecule is [SiH3]Br.[SiH3]O[SiH](c1ccccc1)c1ccccc1. The van der Waals surface area contributed by atoms with Crippen LogP contribution in [0.5, 0.6) is 0 Å². The zero-order chi connectivity index (χ0) is 12.5. The summed E-state index contributed by atoms with van der Waals surface area (Å²) in [7, 11) is 0.554. The van der Waals surface area contributed by atoms with E-state index in [1.807, 2.05) is 12.1 Å². The first-order valence-corrected chi connectivity index (χ1v) is 13.4. The summed E-state index contributed by atoms with van der Waals surface area (Å²) in [5.41, 5.74) is 0. The molecule has 0 aliphatic heterocycles. The van der Waals surface area contributed by atoms with Crippen molar-refractivity contribution in [3.05, 3.63) is 60.7 Å². The van der Waals surface area contributed by atoms with E-state index in [4.69, 9.17) is 4.12 Å². The van der Waals surface area contributed by atoms with Crippen molar-refractivity contribution in [2.75, 3.05) is 0 Å². The molecule has 2 rings (SSSR count). The lowest BCUT2D eigenvalue weighted by molar-refractivity contribution is 0.661. The Labute approximate surface area is 118 Å². The summed E-state index contributed by atoms with van der Waals surface area (Å²) >= 11 is 3.08. The van der Waals surface area contributed by atoms with E-state index >= 15 is 0 Å². The van der Waals surface area contributed by atoms with E-state index in [1.165, 1.54) is 10.4 Å². The standard InChI is InChI=1S/C12H14OSi2.BrH3Si/c14-13-15(11-7-3-1-4-8-11)12-9-5-2-6-10-12;1-2/h1-10,15H,14H3;2H3. The van der Waals surface area contributed by atoms with E-state index in [2.05, 4.69) is 63.8 Å². The summed E-state index contributed by atoms with van der Waals surface area (Å²) in [5.74, 6) is 0. The van der Waals surface area contributed by atoms with Gasteiger partial charge in [-0.15, -0.1) is 15.3 Å². The summed E-state index contributed by atoms with van der Waals surface area (Å²) in [6.45, 7) is 0. The molecule has 1 nitrogen and oxygen atoms in total. The number of benzene rings is 2. The van der Waals surface area contributed by atoms with Gasteiger partial charge in [0.15, 0.2) is 0 Å². The summed E-state index contributed by atoms with van der Waals surface area (Å²) in [6, 6.07) is 21.1. The quantitative estimate of drug-likeness (QED) is 0.540. The Kier molecular flexibility index (Phi) is 7.38. The van der Waals surface area contributed by atoms with Crippen molar-refractivity contribution in [3.63, 3.8) is 0 Å². The lowest BCUT2D eigenvalue weighted by atomic mass is 10.4. The van der Waals surface area contributed by atoms with E-state index in [1.54, 1.807) is 0 Å². The van der Waals surface area contributed by atoms with Crippen LogP contribution in [0.25, 0.3) is 0 Å². The van der Waals surface area contributed by atoms with Gasteiger partial charge in [0.1, 0.15) is 10.5 Å². The fourth-order valence-corrected chi connectivity index (χ4v) is 5.43. The van der Waals surface area contributed by atoms with Crippen molar-refractivity contribution in [1.82, 2.24) is 0 Å². The van der Waals surface area contributed by atoms with Crippen LogP contribution in [0.4, 0.5) is 0 Å². The lowest BCUT2D eigenvalue weighted by Gasteiger charge is -2.14. The predicted octanol–water partition coefficient (Wildman–Crippen LogP) is -0.517. The third-order valence-corrected chi connectivity index (χ3v) is 6.31. The zero-order valence-corrected chi connectivity index (χ0v) is 16.9. The van der Waals surface area contributed by atoms with E-state index in [0.29, 0.717) is 0 Å². The Morgan fingerprint density at radius 2 is 1.12 bits per heavy atom. The summed E-state index contributed by atoms with van der Waals surface area (Å²) in [5, 5.41) is 2.72. The lowest BCUT2D eigenvalue weighted by Crippen LogP contribution is -2.44. The molecule has 2 aromatic rings. The van der Waals surface area contributed by atoms with Gasteiger partial charge in [-0.3, -0.25) is 0 Å². The third-order valence-electron chi connectivity index (χ3n) is 2.44. The number of halogens is 1. The first-order valence-electron chi connectivity index (χ1n) is 5.42. The highest BCUT2D eigenvalue weighted by Gasteiger charge is 2.14. The Balaban J connectivity index is 0.000000686. The molecule has 0 heterocycles. The molecule has 5 heteroatoms. The molecule has 0 fully saturated rings. The summed E-state index contributed by atoms with van der Waals surface area (Å²) < 4.78 is 5.80. The largest absolute Gasteiger partial charge is 0.459 e. The molecule has 0 atom stereocenters. The molecule has 0 radical (unpaired) electrons. The van der Waals surface area contributed by atoms with Gasteiger partial charge in [0.05, 0.1) is 8.86 Å². The monoisotopic (exact) mass is 340 g/mol. The van der Waals surface area contributed by atoms with Gasteiger partial charge in [0.25, 0.3) is 0 Å². The molecule has 0 saturated carbocycles. The average Bonchev–Trinajstić information content (AvgIpc) is 2.44. The Morgan fingerprint density at radius 3 is 1.41 bits per heavy atom. The van der Waals surface area contributed by atoms with Crippen LogP contribution in [0.1, 0.15) is 0 Å². The Hall–Kier alpha value is -0.469. The van der Waals surface area contributed by atoms with Gasteiger partial charge < -0.3 is 4.12 Å². The van der Waals surface area contributed by atoms with E-state index in [0.717, 1.165) is 19.3 Å². The maximum absolute atomic E-state index is 5.80. The fraction of sp³-hybridized carbons (Fsp3) is 0. The Bertz CT molecular complexity index is 371. The predicted molar refractivity (Wildman–Crippen MR) is 89.2 cm³/mol. The highest BCUT2D eigenvalue weighted by molar-refractivity contribution is 9.22. The van der Waals surface area contributed by atoms with Crippen molar-refractivity contribution in [1.29, 1.82) is 0 Å². The number of rotatable bonds is 3. The van der Waals surface area contributed by atoms with Gasteiger partial charge in [-0.25, -0.2) is 0 Å². The second-order valence-corrected chi connectivity index (χ2v) is 7.42. The topological polar surface area (TPSA) is 9.23 Å². The molecule has 0 spiro atoms. The zero-order valence-electron chi connectivity index (χ0n) is 10.1. The minimum atomic E-state index is -1.37. The van der Waals surface area contributed by atoms with Crippen LogP contribution in [-0.2, 0) is 4.12 Å². The van der Waals surface area contributed by atoms with Gasteiger partial charge in [-0.1, -0.05) is 60.7 Å². The summed E-state index contributed by atoms with van der Waals surface area (Å²) in [4.78, 5) is 0. The van der Waals surface area contributed by atoms with Crippen LogP contribution in [0, 0.1) is 0 Å². The Morgan fingerprint density at radius 1 is 0.765 bits per heavy atom. The molecular formula is C12H17BrOSi3. The van der Waals surface area contributed by atoms with Gasteiger partial charge in [0, 0.05) is 0 Å². The molecule has 0 N–H and O–H groups in total. The van der Waals surface area contributed by atoms with Crippen molar-refractivity contribution < 1.29 is 4.12 Å². The maximum atomic E-state index is 5.80. The minimum Gasteiger partial charge on any atom is -0.459 e. The highest BCUT2D eigenvalue weighted by Crippen LogP contribution is 1.92. The molecule has 90 valence electrons. The van der Waals surface area contributed by atoms with E-state index in [-0.39, 0.29) is 0 Å². The van der Waals surface area contributed by atoms with E-state index in [9.17, 15) is 0 Å². The van der Waals surface area contributed by atoms with Crippen LogP contribution >= 0.6 is 15.3 Å². The molecule has 0 amide bonds. The van der Waals surface area contributed by atoms with Crippen LogP contribution < -0.4 is 10.4 Å². The van der Waals surface area contributed by atoms with Crippen LogP contribution in [0.2, 0.25) is 0 Å². The molecule has 17 heavy (non-hydrogen) atoms. The number of hydrogen-bond donors (Lipinski definition) is 0. The molecular weight excluding hydrogens is 324 g/mol. The van der Waals surface area contributed by atoms with Crippen LogP contribution in [-0.4, -0.2) is 28.4 Å². The van der Waals surface area contributed by atoms with Crippen LogP contribution in [0.15, 0.2) is 60.7 Å². The minimum absolute atomic E-state index is 0.804. The average molecular weight is 341 g/mol. The van der Waals surface area contributed by atoms with Crippen molar-refractivity contribution in [3.8, 4) is 0 Å². The number of hydrogen-bond acceptors (Lipinski definition) is 1. The van der Waals surface area contributed by atoms with Crippen LogP contribution in [0.3, 0.4) is 0 Å². The molecule has 0 aromatic heterocycles. The molecule has 2 aromatic carbocycles. The first kappa shape index (κ1) is 14.6. The smallest absolute Gasteiger partial charge is 0.227 e. The van der Waals surface area contributed by atoms with Crippen molar-refractivity contribution in [2.24, 2.45) is 0 Å². The van der Waals surface area contributed by atoms with Gasteiger partial charge in [0.2, 0.25) is 9.04 Å². The molecule has 0 aliphatic carbocycles. The normalized spacial score (nSPS) is 10.0. The highest BCUT2D eigenvalue weighted by atomic mass is 79.9. The summed E-state index contributed by atoms with van der Waals surface area (Å²) in [6.07, 6.45) is 0. The third kappa shape index (κ3) is 4.36. The van der Waals surface area contributed by atoms with Crippen molar-refractivity contribution >= 4 is 54.1 Å². The first-order chi connectivity index (χ1) is 8.42. The second-order valence-electron chi connectivity index (χ2n) is 3.44. The van der Waals surface area contributed by atoms with E-state index < -0.39 is 9.04 Å². The fourth-order valence-electron chi connectivity index (χ4n) is 1.72. The second kappa shape index (κ2) is 8.60. The molecule has 0 aliphatic rings. The maximum Gasteiger partial charge on any atom is 0.227 e. The molecule has 0 bridgehead atoms. The van der Waals surface area contributed by atoms with Gasteiger partial charge in [-0.2, -0.15) is 0 Å².